The Bertz CT molecular complexity index is 600. The zero-order valence-electron chi connectivity index (χ0n) is 10.4. The minimum Gasteiger partial charge on any atom is -0.481 e. The molecule has 1 N–H and O–H groups in total. The zero-order chi connectivity index (χ0) is 13.4. The van der Waals surface area contributed by atoms with E-state index in [4.69, 9.17) is 16.3 Å². The number of anilines is 1. The van der Waals surface area contributed by atoms with Crippen molar-refractivity contribution in [2.45, 2.75) is 19.1 Å². The maximum absolute atomic E-state index is 6.09. The fraction of sp³-hybridized carbons (Fsp3) is 0.200. The van der Waals surface area contributed by atoms with Crippen molar-refractivity contribution in [1.29, 1.82) is 0 Å². The van der Waals surface area contributed by atoms with Gasteiger partial charge in [0.15, 0.2) is 0 Å². The van der Waals surface area contributed by atoms with Crippen molar-refractivity contribution in [3.8, 4) is 5.75 Å². The molecule has 0 amide bonds. The number of hydrogen-bond acceptors (Lipinski definition) is 2. The van der Waals surface area contributed by atoms with E-state index < -0.39 is 0 Å². The average Bonchev–Trinajstić information content (AvgIpc) is 2.40. The summed E-state index contributed by atoms with van der Waals surface area (Å²) in [6, 6.07) is 14.1. The molecule has 0 aliphatic carbocycles. The minimum absolute atomic E-state index is 0.0148. The van der Waals surface area contributed by atoms with E-state index in [2.05, 4.69) is 40.3 Å². The maximum atomic E-state index is 6.09. The molecule has 2 aromatic rings. The van der Waals surface area contributed by atoms with Gasteiger partial charge >= 0.3 is 0 Å². The first-order chi connectivity index (χ1) is 9.13. The lowest BCUT2D eigenvalue weighted by molar-refractivity contribution is 0.177. The van der Waals surface area contributed by atoms with Crippen molar-refractivity contribution in [3.63, 3.8) is 0 Å². The van der Waals surface area contributed by atoms with E-state index in [1.807, 2.05) is 30.3 Å². The van der Waals surface area contributed by atoms with Crippen LogP contribution >= 0.6 is 27.5 Å². The second-order valence-corrected chi connectivity index (χ2v) is 6.02. The fourth-order valence-electron chi connectivity index (χ4n) is 2.28. The highest BCUT2D eigenvalue weighted by molar-refractivity contribution is 9.10. The van der Waals surface area contributed by atoms with Crippen molar-refractivity contribution in [3.05, 3.63) is 57.5 Å². The number of benzene rings is 2. The summed E-state index contributed by atoms with van der Waals surface area (Å²) in [5.41, 5.74) is 2.14. The zero-order valence-corrected chi connectivity index (χ0v) is 12.7. The van der Waals surface area contributed by atoms with Gasteiger partial charge in [0, 0.05) is 15.6 Å². The molecule has 98 valence electrons. The van der Waals surface area contributed by atoms with Gasteiger partial charge in [-0.25, -0.2) is 0 Å². The lowest BCUT2D eigenvalue weighted by Gasteiger charge is -2.33. The highest BCUT2D eigenvalue weighted by Gasteiger charge is 2.27. The van der Waals surface area contributed by atoms with Crippen molar-refractivity contribution in [2.75, 3.05) is 5.32 Å². The molecule has 0 spiro atoms. The van der Waals surface area contributed by atoms with Gasteiger partial charge < -0.3 is 10.1 Å². The summed E-state index contributed by atoms with van der Waals surface area (Å²) < 4.78 is 7.15. The van der Waals surface area contributed by atoms with Gasteiger partial charge in [0.2, 0.25) is 0 Å². The van der Waals surface area contributed by atoms with E-state index in [0.29, 0.717) is 5.02 Å². The van der Waals surface area contributed by atoms with E-state index in [1.54, 1.807) is 0 Å². The van der Waals surface area contributed by atoms with E-state index in [1.165, 1.54) is 0 Å². The fourth-order valence-corrected chi connectivity index (χ4v) is 2.71. The first kappa shape index (κ1) is 12.8. The van der Waals surface area contributed by atoms with Crippen molar-refractivity contribution < 1.29 is 4.74 Å². The molecule has 0 fully saturated rings. The summed E-state index contributed by atoms with van der Waals surface area (Å²) in [7, 11) is 0. The normalized spacial score (nSPS) is 21.2. The lowest BCUT2D eigenvalue weighted by Crippen LogP contribution is -2.32. The standard InChI is InChI=1S/C15H13BrClNO/c1-9-15(10-2-4-11(16)5-3-10)19-14-8-12(17)6-7-13(14)18-9/h2-9,15,18H,1H3. The van der Waals surface area contributed by atoms with Crippen LogP contribution in [0.2, 0.25) is 5.02 Å². The number of rotatable bonds is 1. The second kappa shape index (κ2) is 5.06. The molecule has 0 bridgehead atoms. The van der Waals surface area contributed by atoms with Crippen molar-refractivity contribution in [2.24, 2.45) is 0 Å². The van der Waals surface area contributed by atoms with Crippen LogP contribution in [-0.2, 0) is 0 Å². The van der Waals surface area contributed by atoms with Crippen LogP contribution in [0.5, 0.6) is 5.75 Å². The molecule has 3 rings (SSSR count). The van der Waals surface area contributed by atoms with Crippen LogP contribution in [0.4, 0.5) is 5.69 Å². The van der Waals surface area contributed by atoms with Gasteiger partial charge in [-0.05, 0) is 36.8 Å². The third-order valence-electron chi connectivity index (χ3n) is 3.23. The van der Waals surface area contributed by atoms with Crippen molar-refractivity contribution >= 4 is 33.2 Å². The monoisotopic (exact) mass is 337 g/mol. The van der Waals surface area contributed by atoms with Crippen LogP contribution in [0.1, 0.15) is 18.6 Å². The molecule has 2 unspecified atom stereocenters. The van der Waals surface area contributed by atoms with Gasteiger partial charge in [-0.1, -0.05) is 39.7 Å². The molecule has 0 aromatic heterocycles. The number of ether oxygens (including phenoxy) is 1. The Kier molecular flexibility index (Phi) is 3.42. The van der Waals surface area contributed by atoms with Gasteiger partial charge in [0.25, 0.3) is 0 Å². The van der Waals surface area contributed by atoms with Crippen molar-refractivity contribution in [1.82, 2.24) is 0 Å². The predicted molar refractivity (Wildman–Crippen MR) is 82.0 cm³/mol. The van der Waals surface area contributed by atoms with Gasteiger partial charge in [0.1, 0.15) is 11.9 Å². The number of halogens is 2. The molecule has 2 nitrogen and oxygen atoms in total. The van der Waals surface area contributed by atoms with Crippen LogP contribution in [0, 0.1) is 0 Å². The summed E-state index contributed by atoms with van der Waals surface area (Å²) in [5, 5.41) is 4.14. The van der Waals surface area contributed by atoms with E-state index in [-0.39, 0.29) is 12.1 Å². The van der Waals surface area contributed by atoms with Crippen LogP contribution in [0.3, 0.4) is 0 Å². The van der Waals surface area contributed by atoms with Crippen LogP contribution in [-0.4, -0.2) is 6.04 Å². The minimum atomic E-state index is -0.0148. The number of nitrogens with one attached hydrogen (secondary N) is 1. The van der Waals surface area contributed by atoms with Crippen LogP contribution < -0.4 is 10.1 Å². The molecule has 2 aromatic carbocycles. The molecule has 19 heavy (non-hydrogen) atoms. The molecule has 2 atom stereocenters. The third kappa shape index (κ3) is 2.58. The summed E-state index contributed by atoms with van der Waals surface area (Å²) in [6.45, 7) is 2.12. The lowest BCUT2D eigenvalue weighted by atomic mass is 10.0. The number of fused-ring (bicyclic) bond motifs is 1. The van der Waals surface area contributed by atoms with E-state index in [9.17, 15) is 0 Å². The summed E-state index contributed by atoms with van der Waals surface area (Å²) in [4.78, 5) is 0. The Morgan fingerprint density at radius 2 is 1.89 bits per heavy atom. The first-order valence-corrected chi connectivity index (χ1v) is 7.29. The Morgan fingerprint density at radius 3 is 2.63 bits per heavy atom. The summed E-state index contributed by atoms with van der Waals surface area (Å²) in [5.74, 6) is 0.804. The van der Waals surface area contributed by atoms with E-state index in [0.717, 1.165) is 21.5 Å². The largest absolute Gasteiger partial charge is 0.481 e. The Balaban J connectivity index is 1.94. The second-order valence-electron chi connectivity index (χ2n) is 4.66. The molecule has 1 aliphatic rings. The van der Waals surface area contributed by atoms with E-state index >= 15 is 0 Å². The molecule has 1 heterocycles. The molecule has 0 radical (unpaired) electrons. The summed E-state index contributed by atoms with van der Waals surface area (Å²) >= 11 is 9.46. The predicted octanol–water partition coefficient (Wildman–Crippen LogP) is 5.04. The highest BCUT2D eigenvalue weighted by atomic mass is 79.9. The molecule has 4 heteroatoms. The average molecular weight is 339 g/mol. The molecule has 1 aliphatic heterocycles. The third-order valence-corrected chi connectivity index (χ3v) is 4.00. The maximum Gasteiger partial charge on any atom is 0.144 e. The van der Waals surface area contributed by atoms with Gasteiger partial charge in [-0.15, -0.1) is 0 Å². The SMILES string of the molecule is CC1Nc2ccc(Cl)cc2OC1c1ccc(Br)cc1. The molecule has 0 saturated heterocycles. The van der Waals surface area contributed by atoms with Crippen LogP contribution in [0.15, 0.2) is 46.9 Å². The van der Waals surface area contributed by atoms with Gasteiger partial charge in [0.05, 0.1) is 11.7 Å². The Labute approximate surface area is 125 Å². The Morgan fingerprint density at radius 1 is 1.16 bits per heavy atom. The molecular formula is C15H13BrClNO. The topological polar surface area (TPSA) is 21.3 Å². The van der Waals surface area contributed by atoms with Gasteiger partial charge in [-0.3, -0.25) is 0 Å². The summed E-state index contributed by atoms with van der Waals surface area (Å²) in [6.07, 6.45) is -0.0148. The first-order valence-electron chi connectivity index (χ1n) is 6.12. The smallest absolute Gasteiger partial charge is 0.144 e. The molecular weight excluding hydrogens is 326 g/mol. The Hall–Kier alpha value is -1.19. The van der Waals surface area contributed by atoms with Crippen LogP contribution in [0.25, 0.3) is 0 Å². The van der Waals surface area contributed by atoms with Gasteiger partial charge in [-0.2, -0.15) is 0 Å². The number of hydrogen-bond donors (Lipinski definition) is 1. The molecule has 0 saturated carbocycles. The quantitative estimate of drug-likeness (QED) is 0.787. The highest BCUT2D eigenvalue weighted by Crippen LogP contribution is 2.38.